The number of fused-ring (bicyclic) bond motifs is 3. The molecule has 0 saturated carbocycles. The predicted octanol–water partition coefficient (Wildman–Crippen LogP) is 2.98. The molecule has 0 aliphatic carbocycles. The number of hydrogen-bond acceptors (Lipinski definition) is 3. The van der Waals surface area contributed by atoms with Crippen LogP contribution in [0.3, 0.4) is 0 Å². The molecule has 0 unspecified atom stereocenters. The fourth-order valence-electron chi connectivity index (χ4n) is 3.18. The zero-order chi connectivity index (χ0) is 17.2. The number of benzene rings is 2. The number of para-hydroxylation sites is 2. The van der Waals surface area contributed by atoms with Crippen LogP contribution < -0.4 is 15.0 Å². The van der Waals surface area contributed by atoms with Crippen molar-refractivity contribution in [3.05, 3.63) is 54.1 Å². The third kappa shape index (κ3) is 3.05. The Morgan fingerprint density at radius 3 is 2.76 bits per heavy atom. The van der Waals surface area contributed by atoms with Gasteiger partial charge >= 0.3 is 0 Å². The first-order valence-corrected chi connectivity index (χ1v) is 8.80. The van der Waals surface area contributed by atoms with E-state index in [1.54, 1.807) is 7.11 Å². The summed E-state index contributed by atoms with van der Waals surface area (Å²) in [5.41, 5.74) is 3.44. The molecule has 1 aliphatic rings. The van der Waals surface area contributed by atoms with Gasteiger partial charge in [0.1, 0.15) is 5.75 Å². The molecule has 0 saturated heterocycles. The fraction of sp³-hybridized carbons (Fsp3) is 0.263. The summed E-state index contributed by atoms with van der Waals surface area (Å²) >= 11 is 5.59. The SMILES string of the molecule is COc1ccc(CCNC(=S)N2CCn3c2nc2ccccc23)cc1. The van der Waals surface area contributed by atoms with Crippen molar-refractivity contribution in [2.24, 2.45) is 0 Å². The van der Waals surface area contributed by atoms with Gasteiger partial charge in [-0.3, -0.25) is 4.90 Å². The Kier molecular flexibility index (Phi) is 4.28. The summed E-state index contributed by atoms with van der Waals surface area (Å²) in [6.07, 6.45) is 0.911. The van der Waals surface area contributed by atoms with Crippen LogP contribution in [-0.4, -0.2) is 34.9 Å². The molecule has 0 fully saturated rings. The van der Waals surface area contributed by atoms with Gasteiger partial charge in [-0.25, -0.2) is 4.98 Å². The highest BCUT2D eigenvalue weighted by Crippen LogP contribution is 2.27. The van der Waals surface area contributed by atoms with Crippen molar-refractivity contribution in [1.82, 2.24) is 14.9 Å². The van der Waals surface area contributed by atoms with Crippen LogP contribution in [0.2, 0.25) is 0 Å². The Bertz CT molecular complexity index is 903. The molecule has 0 radical (unpaired) electrons. The normalized spacial score (nSPS) is 13.1. The molecule has 25 heavy (non-hydrogen) atoms. The van der Waals surface area contributed by atoms with Gasteiger partial charge in [-0.1, -0.05) is 24.3 Å². The quantitative estimate of drug-likeness (QED) is 0.731. The van der Waals surface area contributed by atoms with E-state index in [4.69, 9.17) is 21.9 Å². The van der Waals surface area contributed by atoms with Crippen molar-refractivity contribution in [3.63, 3.8) is 0 Å². The van der Waals surface area contributed by atoms with Gasteiger partial charge in [-0.2, -0.15) is 0 Å². The number of hydrogen-bond donors (Lipinski definition) is 1. The minimum absolute atomic E-state index is 0.738. The summed E-state index contributed by atoms with van der Waals surface area (Å²) < 4.78 is 7.41. The maximum absolute atomic E-state index is 5.59. The van der Waals surface area contributed by atoms with E-state index in [9.17, 15) is 0 Å². The molecule has 0 amide bonds. The molecule has 3 aromatic rings. The first kappa shape index (κ1) is 15.9. The molecular formula is C19H20N4OS. The highest BCUT2D eigenvalue weighted by molar-refractivity contribution is 7.80. The van der Waals surface area contributed by atoms with E-state index < -0.39 is 0 Å². The minimum Gasteiger partial charge on any atom is -0.497 e. The highest BCUT2D eigenvalue weighted by atomic mass is 32.1. The van der Waals surface area contributed by atoms with E-state index in [1.807, 2.05) is 30.3 Å². The Hall–Kier alpha value is -2.60. The Labute approximate surface area is 152 Å². The molecule has 128 valence electrons. The lowest BCUT2D eigenvalue weighted by molar-refractivity contribution is 0.414. The molecule has 6 heteroatoms. The lowest BCUT2D eigenvalue weighted by Crippen LogP contribution is -2.39. The second-order valence-electron chi connectivity index (χ2n) is 6.03. The van der Waals surface area contributed by atoms with Crippen LogP contribution >= 0.6 is 12.2 Å². The van der Waals surface area contributed by atoms with Crippen LogP contribution in [0, 0.1) is 0 Å². The minimum atomic E-state index is 0.738. The summed E-state index contributed by atoms with van der Waals surface area (Å²) in [5.74, 6) is 1.81. The number of methoxy groups -OCH3 is 1. The molecule has 1 aromatic heterocycles. The number of thiocarbonyl (C=S) groups is 1. The summed E-state index contributed by atoms with van der Waals surface area (Å²) in [4.78, 5) is 6.82. The first-order valence-electron chi connectivity index (χ1n) is 8.40. The zero-order valence-corrected chi connectivity index (χ0v) is 14.9. The number of aromatic nitrogens is 2. The number of anilines is 1. The molecule has 1 aliphatic heterocycles. The van der Waals surface area contributed by atoms with Crippen molar-refractivity contribution >= 4 is 34.3 Å². The van der Waals surface area contributed by atoms with Gasteiger partial charge in [0.2, 0.25) is 5.95 Å². The van der Waals surface area contributed by atoms with Crippen molar-refractivity contribution in [2.45, 2.75) is 13.0 Å². The number of nitrogens with one attached hydrogen (secondary N) is 1. The van der Waals surface area contributed by atoms with Gasteiger partial charge in [-0.05, 0) is 48.5 Å². The lowest BCUT2D eigenvalue weighted by Gasteiger charge is -2.18. The van der Waals surface area contributed by atoms with E-state index in [1.165, 1.54) is 11.1 Å². The standard InChI is InChI=1S/C19H20N4OS/c1-24-15-8-6-14(7-9-15)10-11-20-19(25)23-13-12-22-17-5-3-2-4-16(17)21-18(22)23/h2-9H,10-13H2,1H3,(H,20,25). The average Bonchev–Trinajstić information content (AvgIpc) is 3.21. The smallest absolute Gasteiger partial charge is 0.213 e. The fourth-order valence-corrected chi connectivity index (χ4v) is 3.46. The average molecular weight is 352 g/mol. The first-order chi connectivity index (χ1) is 12.3. The monoisotopic (exact) mass is 352 g/mol. The highest BCUT2D eigenvalue weighted by Gasteiger charge is 2.25. The van der Waals surface area contributed by atoms with Crippen molar-refractivity contribution in [2.75, 3.05) is 25.1 Å². The van der Waals surface area contributed by atoms with Crippen LogP contribution in [0.5, 0.6) is 5.75 Å². The molecule has 0 spiro atoms. The molecule has 4 rings (SSSR count). The third-order valence-corrected chi connectivity index (χ3v) is 4.88. The van der Waals surface area contributed by atoms with Crippen LogP contribution in [-0.2, 0) is 13.0 Å². The second kappa shape index (κ2) is 6.72. The maximum atomic E-state index is 5.59. The largest absolute Gasteiger partial charge is 0.497 e. The third-order valence-electron chi connectivity index (χ3n) is 4.52. The Morgan fingerprint density at radius 1 is 1.16 bits per heavy atom. The van der Waals surface area contributed by atoms with Gasteiger partial charge in [0.25, 0.3) is 0 Å². The lowest BCUT2D eigenvalue weighted by atomic mass is 10.1. The van der Waals surface area contributed by atoms with Crippen LogP contribution in [0.15, 0.2) is 48.5 Å². The second-order valence-corrected chi connectivity index (χ2v) is 6.42. The summed E-state index contributed by atoms with van der Waals surface area (Å²) in [6.45, 7) is 2.57. The van der Waals surface area contributed by atoms with E-state index in [0.29, 0.717) is 0 Å². The summed E-state index contributed by atoms with van der Waals surface area (Å²) in [5, 5.41) is 4.10. The van der Waals surface area contributed by atoms with Crippen LogP contribution in [0.4, 0.5) is 5.95 Å². The molecular weight excluding hydrogens is 332 g/mol. The topological polar surface area (TPSA) is 42.3 Å². The molecule has 2 heterocycles. The molecule has 0 bridgehead atoms. The van der Waals surface area contributed by atoms with E-state index in [0.717, 1.165) is 48.4 Å². The molecule has 2 aromatic carbocycles. The van der Waals surface area contributed by atoms with Gasteiger partial charge < -0.3 is 14.6 Å². The van der Waals surface area contributed by atoms with Gasteiger partial charge in [0, 0.05) is 19.6 Å². The predicted molar refractivity (Wildman–Crippen MR) is 104 cm³/mol. The molecule has 1 N–H and O–H groups in total. The van der Waals surface area contributed by atoms with Crippen LogP contribution in [0.1, 0.15) is 5.56 Å². The van der Waals surface area contributed by atoms with E-state index in [-0.39, 0.29) is 0 Å². The Balaban J connectivity index is 1.39. The van der Waals surface area contributed by atoms with Crippen molar-refractivity contribution < 1.29 is 4.74 Å². The van der Waals surface area contributed by atoms with Crippen molar-refractivity contribution in [1.29, 1.82) is 0 Å². The van der Waals surface area contributed by atoms with Gasteiger partial charge in [-0.15, -0.1) is 0 Å². The van der Waals surface area contributed by atoms with E-state index in [2.05, 4.69) is 33.0 Å². The van der Waals surface area contributed by atoms with Gasteiger partial charge in [0.15, 0.2) is 5.11 Å². The summed E-state index contributed by atoms with van der Waals surface area (Å²) in [7, 11) is 1.68. The number of ether oxygens (including phenoxy) is 1. The van der Waals surface area contributed by atoms with Crippen molar-refractivity contribution in [3.8, 4) is 5.75 Å². The molecule has 0 atom stereocenters. The number of imidazole rings is 1. The Morgan fingerprint density at radius 2 is 1.96 bits per heavy atom. The number of rotatable bonds is 4. The zero-order valence-electron chi connectivity index (χ0n) is 14.1. The van der Waals surface area contributed by atoms with Crippen LogP contribution in [0.25, 0.3) is 11.0 Å². The van der Waals surface area contributed by atoms with E-state index >= 15 is 0 Å². The summed E-state index contributed by atoms with van der Waals surface area (Å²) in [6, 6.07) is 16.3. The molecule has 5 nitrogen and oxygen atoms in total. The number of nitrogens with zero attached hydrogens (tertiary/aromatic N) is 3. The maximum Gasteiger partial charge on any atom is 0.213 e. The van der Waals surface area contributed by atoms with Gasteiger partial charge in [0.05, 0.1) is 18.1 Å².